The zero-order valence-corrected chi connectivity index (χ0v) is 9.26. The van der Waals surface area contributed by atoms with Crippen LogP contribution in [-0.2, 0) is 9.53 Å². The number of carbonyl (C=O) groups excluding carboxylic acids is 1. The molecule has 1 heterocycles. The molecule has 0 amide bonds. The van der Waals surface area contributed by atoms with E-state index in [1.54, 1.807) is 6.20 Å². The Balaban J connectivity index is 2.84. The van der Waals surface area contributed by atoms with Crippen LogP contribution in [0.1, 0.15) is 17.5 Å². The molecule has 0 saturated carbocycles. The number of methoxy groups -OCH3 is 1. The van der Waals surface area contributed by atoms with Gasteiger partial charge in [0.05, 0.1) is 12.7 Å². The topological polar surface area (TPSA) is 39.2 Å². The van der Waals surface area contributed by atoms with Crippen LogP contribution >= 0.6 is 11.6 Å². The molecule has 78 valence electrons. The zero-order chi connectivity index (χ0) is 11.3. The molecule has 0 atom stereocenters. The lowest BCUT2D eigenvalue weighted by atomic mass is 10.1. The summed E-state index contributed by atoms with van der Waals surface area (Å²) in [4.78, 5) is 14.7. The Morgan fingerprint density at radius 2 is 2.40 bits per heavy atom. The maximum atomic E-state index is 10.8. The number of halogens is 1. The van der Waals surface area contributed by atoms with Crippen molar-refractivity contribution in [2.45, 2.75) is 13.3 Å². The first kappa shape index (κ1) is 11.5. The van der Waals surface area contributed by atoms with Crippen LogP contribution in [0.5, 0.6) is 0 Å². The fraction of sp³-hybridized carbons (Fsp3) is 0.273. The largest absolute Gasteiger partial charge is 0.468 e. The lowest BCUT2D eigenvalue weighted by molar-refractivity contribution is -0.139. The highest BCUT2D eigenvalue weighted by molar-refractivity contribution is 6.30. The summed E-state index contributed by atoms with van der Waals surface area (Å²) in [7, 11) is 1.33. The molecular weight excluding hydrogens is 214 g/mol. The Morgan fingerprint density at radius 1 is 1.67 bits per heavy atom. The standard InChI is InChI=1S/C11H10ClNO2/c1-8-6-7-13-11(12)9(8)4-3-5-10(14)15-2/h6-7H,5H2,1-2H3. The first-order valence-electron chi connectivity index (χ1n) is 4.32. The fourth-order valence-corrected chi connectivity index (χ4v) is 1.20. The summed E-state index contributed by atoms with van der Waals surface area (Å²) in [6, 6.07) is 1.81. The SMILES string of the molecule is COC(=O)CC#Cc1c(C)ccnc1Cl. The molecule has 0 aromatic carbocycles. The van der Waals surface area contributed by atoms with E-state index in [1.165, 1.54) is 7.11 Å². The van der Waals surface area contributed by atoms with Gasteiger partial charge in [0.25, 0.3) is 0 Å². The third-order valence-electron chi connectivity index (χ3n) is 1.79. The molecule has 1 rings (SSSR count). The van der Waals surface area contributed by atoms with E-state index in [1.807, 2.05) is 13.0 Å². The van der Waals surface area contributed by atoms with Gasteiger partial charge in [0, 0.05) is 6.20 Å². The molecule has 0 aliphatic carbocycles. The van der Waals surface area contributed by atoms with Crippen molar-refractivity contribution in [1.29, 1.82) is 0 Å². The summed E-state index contributed by atoms with van der Waals surface area (Å²) in [5, 5.41) is 0.354. The van der Waals surface area contributed by atoms with Gasteiger partial charge in [-0.15, -0.1) is 0 Å². The number of rotatable bonds is 1. The number of aryl methyl sites for hydroxylation is 1. The molecule has 15 heavy (non-hydrogen) atoms. The Hall–Kier alpha value is -1.53. The van der Waals surface area contributed by atoms with Gasteiger partial charge in [-0.2, -0.15) is 0 Å². The van der Waals surface area contributed by atoms with Gasteiger partial charge in [-0.3, -0.25) is 4.79 Å². The van der Waals surface area contributed by atoms with Crippen LogP contribution in [0.25, 0.3) is 0 Å². The van der Waals surface area contributed by atoms with E-state index < -0.39 is 0 Å². The zero-order valence-electron chi connectivity index (χ0n) is 8.50. The molecule has 0 spiro atoms. The third kappa shape index (κ3) is 3.26. The van der Waals surface area contributed by atoms with E-state index in [4.69, 9.17) is 11.6 Å². The summed E-state index contributed by atoms with van der Waals surface area (Å²) in [5.74, 6) is 5.13. The molecule has 4 heteroatoms. The Bertz CT molecular complexity index is 412. The Kier molecular flexibility index (Phi) is 4.14. The molecule has 1 aromatic rings. The average Bonchev–Trinajstić information content (AvgIpc) is 2.22. The van der Waals surface area contributed by atoms with E-state index in [2.05, 4.69) is 21.6 Å². The number of nitrogens with zero attached hydrogens (tertiary/aromatic N) is 1. The van der Waals surface area contributed by atoms with E-state index in [9.17, 15) is 4.79 Å². The number of ether oxygens (including phenoxy) is 1. The smallest absolute Gasteiger partial charge is 0.317 e. The lowest BCUT2D eigenvalue weighted by Crippen LogP contribution is -1.97. The van der Waals surface area contributed by atoms with Crippen LogP contribution in [-0.4, -0.2) is 18.1 Å². The van der Waals surface area contributed by atoms with Gasteiger partial charge in [0.15, 0.2) is 0 Å². The fourth-order valence-electron chi connectivity index (χ4n) is 0.952. The second-order valence-corrected chi connectivity index (χ2v) is 3.21. The van der Waals surface area contributed by atoms with Crippen LogP contribution in [0.4, 0.5) is 0 Å². The van der Waals surface area contributed by atoms with Crippen LogP contribution in [0.2, 0.25) is 5.15 Å². The summed E-state index contributed by atoms with van der Waals surface area (Å²) in [6.45, 7) is 1.88. The number of carbonyl (C=O) groups is 1. The maximum absolute atomic E-state index is 10.8. The van der Waals surface area contributed by atoms with Crippen molar-refractivity contribution in [3.63, 3.8) is 0 Å². The summed E-state index contributed by atoms with van der Waals surface area (Å²) in [5.41, 5.74) is 1.59. The quantitative estimate of drug-likeness (QED) is 0.415. The first-order valence-corrected chi connectivity index (χ1v) is 4.69. The molecule has 0 bridgehead atoms. The third-order valence-corrected chi connectivity index (χ3v) is 2.07. The number of hydrogen-bond acceptors (Lipinski definition) is 3. The minimum Gasteiger partial charge on any atom is -0.468 e. The van der Waals surface area contributed by atoms with Gasteiger partial charge in [0.1, 0.15) is 11.6 Å². The highest BCUT2D eigenvalue weighted by Crippen LogP contribution is 2.14. The predicted octanol–water partition coefficient (Wildman–Crippen LogP) is 1.96. The van der Waals surface area contributed by atoms with Crippen LogP contribution in [0, 0.1) is 18.8 Å². The van der Waals surface area contributed by atoms with Gasteiger partial charge in [-0.1, -0.05) is 23.4 Å². The van der Waals surface area contributed by atoms with E-state index in [0.717, 1.165) is 5.56 Å². The van der Waals surface area contributed by atoms with Crippen LogP contribution in [0.15, 0.2) is 12.3 Å². The highest BCUT2D eigenvalue weighted by atomic mass is 35.5. The lowest BCUT2D eigenvalue weighted by Gasteiger charge is -1.98. The van der Waals surface area contributed by atoms with Crippen molar-refractivity contribution in [3.8, 4) is 11.8 Å². The van der Waals surface area contributed by atoms with Gasteiger partial charge >= 0.3 is 5.97 Å². The molecule has 0 saturated heterocycles. The second kappa shape index (κ2) is 5.38. The second-order valence-electron chi connectivity index (χ2n) is 2.85. The van der Waals surface area contributed by atoms with Crippen molar-refractivity contribution >= 4 is 17.6 Å². The summed E-state index contributed by atoms with van der Waals surface area (Å²) >= 11 is 5.85. The van der Waals surface area contributed by atoms with Gasteiger partial charge in [-0.05, 0) is 18.6 Å². The molecule has 0 radical (unpaired) electrons. The molecule has 0 fully saturated rings. The van der Waals surface area contributed by atoms with Crippen LogP contribution < -0.4 is 0 Å². The Morgan fingerprint density at radius 3 is 3.00 bits per heavy atom. The summed E-state index contributed by atoms with van der Waals surface area (Å²) < 4.78 is 4.46. The van der Waals surface area contributed by atoms with Crippen molar-refractivity contribution < 1.29 is 9.53 Å². The maximum Gasteiger partial charge on any atom is 0.317 e. The average molecular weight is 224 g/mol. The minimum absolute atomic E-state index is 0.0567. The number of pyridine rings is 1. The molecule has 0 aliphatic rings. The highest BCUT2D eigenvalue weighted by Gasteiger charge is 2.01. The van der Waals surface area contributed by atoms with Crippen molar-refractivity contribution in [1.82, 2.24) is 4.98 Å². The summed E-state index contributed by atoms with van der Waals surface area (Å²) in [6.07, 6.45) is 1.67. The number of esters is 1. The van der Waals surface area contributed by atoms with Crippen LogP contribution in [0.3, 0.4) is 0 Å². The number of aromatic nitrogens is 1. The molecule has 1 aromatic heterocycles. The van der Waals surface area contributed by atoms with E-state index in [-0.39, 0.29) is 12.4 Å². The predicted molar refractivity (Wildman–Crippen MR) is 57.5 cm³/mol. The normalized spacial score (nSPS) is 9.00. The minimum atomic E-state index is -0.361. The van der Waals surface area contributed by atoms with Gasteiger partial charge in [-0.25, -0.2) is 4.98 Å². The first-order chi connectivity index (χ1) is 7.15. The Labute approximate surface area is 93.4 Å². The van der Waals surface area contributed by atoms with E-state index in [0.29, 0.717) is 10.7 Å². The van der Waals surface area contributed by atoms with E-state index >= 15 is 0 Å². The van der Waals surface area contributed by atoms with Crippen molar-refractivity contribution in [2.24, 2.45) is 0 Å². The van der Waals surface area contributed by atoms with Gasteiger partial charge < -0.3 is 4.74 Å². The van der Waals surface area contributed by atoms with Gasteiger partial charge in [0.2, 0.25) is 0 Å². The molecule has 0 N–H and O–H groups in total. The molecule has 3 nitrogen and oxygen atoms in total. The molecular formula is C11H10ClNO2. The molecule has 0 aliphatic heterocycles. The number of hydrogen-bond donors (Lipinski definition) is 0. The van der Waals surface area contributed by atoms with Crippen molar-refractivity contribution in [2.75, 3.05) is 7.11 Å². The molecule has 0 unspecified atom stereocenters. The monoisotopic (exact) mass is 223 g/mol. The van der Waals surface area contributed by atoms with Crippen molar-refractivity contribution in [3.05, 3.63) is 28.5 Å².